The molecule has 0 radical (unpaired) electrons. The number of nitrogens with zero attached hydrogens (tertiary/aromatic N) is 3. The number of hydrogen-bond acceptors (Lipinski definition) is 5. The first kappa shape index (κ1) is 22.8. The molecule has 0 atom stereocenters. The summed E-state index contributed by atoms with van der Waals surface area (Å²) in [5.74, 6) is 0.774. The Morgan fingerprint density at radius 2 is 2.13 bits per heavy atom. The zero-order chi connectivity index (χ0) is 21.5. The number of carbonyl (C=O) groups excluding carboxylic acids is 1. The van der Waals surface area contributed by atoms with E-state index in [0.717, 1.165) is 72.5 Å². The van der Waals surface area contributed by atoms with Gasteiger partial charge in [0, 0.05) is 44.4 Å². The number of unbranched alkanes of at least 4 members (excludes halogenated alkanes) is 1. The van der Waals surface area contributed by atoms with E-state index in [1.807, 2.05) is 25.2 Å². The fraction of sp³-hybridized carbons (Fsp3) is 0.545. The molecule has 0 unspecified atom stereocenters. The van der Waals surface area contributed by atoms with Crippen molar-refractivity contribution in [2.75, 3.05) is 31.6 Å². The van der Waals surface area contributed by atoms with Gasteiger partial charge in [0.15, 0.2) is 0 Å². The minimum atomic E-state index is -0.170. The Morgan fingerprint density at radius 1 is 1.37 bits per heavy atom. The van der Waals surface area contributed by atoms with E-state index in [1.165, 1.54) is 0 Å². The summed E-state index contributed by atoms with van der Waals surface area (Å²) in [6.07, 6.45) is 5.61. The zero-order valence-electron chi connectivity index (χ0n) is 17.7. The summed E-state index contributed by atoms with van der Waals surface area (Å²) >= 11 is 3.58. The molecule has 1 fully saturated rings. The molecule has 1 saturated heterocycles. The predicted octanol–water partition coefficient (Wildman–Crippen LogP) is 3.81. The molecule has 8 heteroatoms. The number of amides is 1. The molecular formula is C22H31BrN4O3. The van der Waals surface area contributed by atoms with E-state index in [4.69, 9.17) is 4.74 Å². The van der Waals surface area contributed by atoms with Crippen LogP contribution in [-0.2, 0) is 11.8 Å². The van der Waals surface area contributed by atoms with E-state index in [-0.39, 0.29) is 12.0 Å². The number of piperidine rings is 1. The number of ether oxygens (including phenoxy) is 1. The highest BCUT2D eigenvalue weighted by atomic mass is 79.9. The third-order valence-electron chi connectivity index (χ3n) is 5.39. The lowest BCUT2D eigenvalue weighted by Gasteiger charge is -2.29. The van der Waals surface area contributed by atoms with Crippen molar-refractivity contribution in [1.29, 1.82) is 0 Å². The molecule has 1 aromatic heterocycles. The number of anilines is 1. The third-order valence-corrected chi connectivity index (χ3v) is 5.97. The molecule has 2 aromatic rings. The van der Waals surface area contributed by atoms with Crippen LogP contribution in [0.4, 0.5) is 5.69 Å². The van der Waals surface area contributed by atoms with Gasteiger partial charge in [-0.2, -0.15) is 5.10 Å². The highest BCUT2D eigenvalue weighted by Gasteiger charge is 2.18. The van der Waals surface area contributed by atoms with Gasteiger partial charge in [0.25, 0.3) is 0 Å². The molecule has 7 nitrogen and oxygen atoms in total. The number of aliphatic hydroxyl groups excluding tert-OH is 1. The lowest BCUT2D eigenvalue weighted by molar-refractivity contribution is -0.116. The molecule has 1 amide bonds. The molecule has 2 N–H and O–H groups in total. The second-order valence-corrected chi connectivity index (χ2v) is 8.60. The summed E-state index contributed by atoms with van der Waals surface area (Å²) in [7, 11) is 1.88. The largest absolute Gasteiger partial charge is 0.492 e. The zero-order valence-corrected chi connectivity index (χ0v) is 19.3. The summed E-state index contributed by atoms with van der Waals surface area (Å²) < 4.78 is 8.81. The Balaban J connectivity index is 1.73. The van der Waals surface area contributed by atoms with Crippen molar-refractivity contribution in [3.05, 3.63) is 28.9 Å². The second kappa shape index (κ2) is 10.9. The number of benzene rings is 1. The van der Waals surface area contributed by atoms with Gasteiger partial charge in [-0.1, -0.05) is 13.3 Å². The Hall–Kier alpha value is -1.90. The maximum Gasteiger partial charge on any atom is 0.224 e. The van der Waals surface area contributed by atoms with Gasteiger partial charge in [0.1, 0.15) is 12.4 Å². The fourth-order valence-corrected chi connectivity index (χ4v) is 4.18. The Kier molecular flexibility index (Phi) is 8.30. The third kappa shape index (κ3) is 6.06. The Bertz CT molecular complexity index is 827. The molecule has 0 spiro atoms. The number of hydrogen-bond donors (Lipinski definition) is 2. The smallest absolute Gasteiger partial charge is 0.224 e. The maximum absolute atomic E-state index is 12.2. The van der Waals surface area contributed by atoms with Gasteiger partial charge in [0.2, 0.25) is 5.91 Å². The van der Waals surface area contributed by atoms with Crippen LogP contribution >= 0.6 is 15.9 Å². The van der Waals surface area contributed by atoms with Gasteiger partial charge in [-0.05, 0) is 53.4 Å². The molecule has 164 valence electrons. The molecule has 3 rings (SSSR count). The first-order chi connectivity index (χ1) is 14.5. The van der Waals surface area contributed by atoms with E-state index < -0.39 is 0 Å². The molecule has 1 aromatic carbocycles. The van der Waals surface area contributed by atoms with Gasteiger partial charge in [0.05, 0.1) is 22.5 Å². The normalized spacial score (nSPS) is 15.3. The lowest BCUT2D eigenvalue weighted by atomic mass is 10.1. The lowest BCUT2D eigenvalue weighted by Crippen LogP contribution is -2.38. The van der Waals surface area contributed by atoms with Crippen LogP contribution in [0.5, 0.6) is 5.75 Å². The van der Waals surface area contributed by atoms with Crippen LogP contribution in [0.2, 0.25) is 0 Å². The number of rotatable bonds is 9. The van der Waals surface area contributed by atoms with Crippen molar-refractivity contribution in [3.63, 3.8) is 0 Å². The molecule has 30 heavy (non-hydrogen) atoms. The van der Waals surface area contributed by atoms with Crippen LogP contribution in [0.15, 0.2) is 28.9 Å². The molecule has 1 aliphatic rings. The second-order valence-electron chi connectivity index (χ2n) is 7.75. The minimum Gasteiger partial charge on any atom is -0.492 e. The predicted molar refractivity (Wildman–Crippen MR) is 122 cm³/mol. The SMILES string of the molecule is CCCCC(=O)Nc1ccc(OCCN2CCC(O)CC2)c(-c2c(Br)cnn2C)c1. The molecule has 0 aliphatic carbocycles. The highest BCUT2D eigenvalue weighted by molar-refractivity contribution is 9.10. The van der Waals surface area contributed by atoms with Crippen molar-refractivity contribution in [2.45, 2.75) is 45.1 Å². The summed E-state index contributed by atoms with van der Waals surface area (Å²) in [5, 5.41) is 17.0. The van der Waals surface area contributed by atoms with Crippen LogP contribution in [-0.4, -0.2) is 58.0 Å². The fourth-order valence-electron chi connectivity index (χ4n) is 3.62. The van der Waals surface area contributed by atoms with E-state index in [2.05, 4.69) is 38.2 Å². The van der Waals surface area contributed by atoms with Crippen LogP contribution < -0.4 is 10.1 Å². The number of aryl methyl sites for hydroxylation is 1. The van der Waals surface area contributed by atoms with Gasteiger partial charge in [-0.25, -0.2) is 0 Å². The van der Waals surface area contributed by atoms with Gasteiger partial charge >= 0.3 is 0 Å². The van der Waals surface area contributed by atoms with Crippen LogP contribution in [0.25, 0.3) is 11.3 Å². The number of aromatic nitrogens is 2. The number of halogens is 1. The van der Waals surface area contributed by atoms with Gasteiger partial charge in [-0.3, -0.25) is 14.4 Å². The van der Waals surface area contributed by atoms with Crippen molar-refractivity contribution in [1.82, 2.24) is 14.7 Å². The quantitative estimate of drug-likeness (QED) is 0.572. The molecule has 1 aliphatic heterocycles. The molecule has 0 bridgehead atoms. The highest BCUT2D eigenvalue weighted by Crippen LogP contribution is 2.36. The van der Waals surface area contributed by atoms with E-state index in [1.54, 1.807) is 10.9 Å². The Morgan fingerprint density at radius 3 is 2.80 bits per heavy atom. The first-order valence-electron chi connectivity index (χ1n) is 10.6. The van der Waals surface area contributed by atoms with Crippen LogP contribution in [0.1, 0.15) is 39.0 Å². The van der Waals surface area contributed by atoms with E-state index >= 15 is 0 Å². The van der Waals surface area contributed by atoms with Gasteiger partial charge in [-0.15, -0.1) is 0 Å². The first-order valence-corrected chi connectivity index (χ1v) is 11.4. The molecule has 2 heterocycles. The number of aliphatic hydroxyl groups is 1. The average Bonchev–Trinajstić information content (AvgIpc) is 3.07. The molecule has 0 saturated carbocycles. The van der Waals surface area contributed by atoms with Gasteiger partial charge < -0.3 is 15.2 Å². The molecular weight excluding hydrogens is 448 g/mol. The maximum atomic E-state index is 12.2. The monoisotopic (exact) mass is 478 g/mol. The van der Waals surface area contributed by atoms with E-state index in [0.29, 0.717) is 13.0 Å². The van der Waals surface area contributed by atoms with Crippen molar-refractivity contribution >= 4 is 27.5 Å². The van der Waals surface area contributed by atoms with Crippen LogP contribution in [0, 0.1) is 0 Å². The minimum absolute atomic E-state index is 0.0211. The summed E-state index contributed by atoms with van der Waals surface area (Å²) in [6.45, 7) is 5.24. The standard InChI is InChI=1S/C22H31BrN4O3/c1-3-4-5-21(29)25-16-6-7-20(18(14-16)22-19(23)15-24-26(22)2)30-13-12-27-10-8-17(28)9-11-27/h6-7,14-15,17,28H,3-5,8-13H2,1-2H3,(H,25,29). The van der Waals surface area contributed by atoms with Crippen molar-refractivity contribution in [3.8, 4) is 17.0 Å². The average molecular weight is 479 g/mol. The summed E-state index contributed by atoms with van der Waals surface area (Å²) in [4.78, 5) is 14.5. The van der Waals surface area contributed by atoms with E-state index in [9.17, 15) is 9.90 Å². The number of nitrogens with one attached hydrogen (secondary N) is 1. The number of carbonyl (C=O) groups is 1. The van der Waals surface area contributed by atoms with Crippen LogP contribution in [0.3, 0.4) is 0 Å². The summed E-state index contributed by atoms with van der Waals surface area (Å²) in [5.41, 5.74) is 2.52. The topological polar surface area (TPSA) is 79.6 Å². The van der Waals surface area contributed by atoms with Crippen molar-refractivity contribution < 1.29 is 14.6 Å². The van der Waals surface area contributed by atoms with Crippen molar-refractivity contribution in [2.24, 2.45) is 7.05 Å². The summed E-state index contributed by atoms with van der Waals surface area (Å²) in [6, 6.07) is 5.73. The Labute approximate surface area is 186 Å². The number of likely N-dealkylation sites (tertiary alicyclic amines) is 1.